The fraction of sp³-hybridized carbons (Fsp3) is 0.238. The van der Waals surface area contributed by atoms with Crippen LogP contribution in [-0.4, -0.2) is 41.0 Å². The predicted molar refractivity (Wildman–Crippen MR) is 108 cm³/mol. The van der Waals surface area contributed by atoms with Gasteiger partial charge in [0.05, 0.1) is 0 Å². The Morgan fingerprint density at radius 3 is 2.67 bits per heavy atom. The highest BCUT2D eigenvalue weighted by atomic mass is 35.5. The number of rotatable bonds is 3. The molecular formula is C21H19ClN4O. The Hall–Kier alpha value is -2.63. The maximum Gasteiger partial charge on any atom is 0.196 e. The van der Waals surface area contributed by atoms with E-state index in [-0.39, 0.29) is 0 Å². The minimum Gasteiger partial charge on any atom is -0.450 e. The predicted octanol–water partition coefficient (Wildman–Crippen LogP) is 4.35. The van der Waals surface area contributed by atoms with Crippen molar-refractivity contribution in [3.63, 3.8) is 0 Å². The van der Waals surface area contributed by atoms with E-state index in [9.17, 15) is 0 Å². The van der Waals surface area contributed by atoms with Gasteiger partial charge in [0.25, 0.3) is 0 Å². The average molecular weight is 379 g/mol. The van der Waals surface area contributed by atoms with Crippen molar-refractivity contribution >= 4 is 39.5 Å². The van der Waals surface area contributed by atoms with Gasteiger partial charge in [0.2, 0.25) is 0 Å². The maximum absolute atomic E-state index is 6.10. The van der Waals surface area contributed by atoms with Crippen molar-refractivity contribution in [3.8, 4) is 0 Å². The van der Waals surface area contributed by atoms with Gasteiger partial charge in [-0.25, -0.2) is 9.97 Å². The Balaban J connectivity index is 1.36. The molecule has 1 fully saturated rings. The fourth-order valence-corrected chi connectivity index (χ4v) is 3.96. The Kier molecular flexibility index (Phi) is 4.19. The first-order valence-corrected chi connectivity index (χ1v) is 9.50. The number of fused-ring (bicyclic) bond motifs is 3. The fourth-order valence-electron chi connectivity index (χ4n) is 3.75. The molecular weight excluding hydrogens is 360 g/mol. The number of furan rings is 1. The summed E-state index contributed by atoms with van der Waals surface area (Å²) in [7, 11) is 0. The topological polar surface area (TPSA) is 45.4 Å². The zero-order valence-corrected chi connectivity index (χ0v) is 15.6. The van der Waals surface area contributed by atoms with Gasteiger partial charge in [0, 0.05) is 43.1 Å². The smallest absolute Gasteiger partial charge is 0.196 e. The van der Waals surface area contributed by atoms with Gasteiger partial charge in [-0.2, -0.15) is 0 Å². The van der Waals surface area contributed by atoms with Crippen molar-refractivity contribution in [2.24, 2.45) is 0 Å². The van der Waals surface area contributed by atoms with Crippen LogP contribution in [0.3, 0.4) is 0 Å². The summed E-state index contributed by atoms with van der Waals surface area (Å²) in [5, 5.41) is 1.83. The van der Waals surface area contributed by atoms with E-state index in [1.165, 1.54) is 5.56 Å². The van der Waals surface area contributed by atoms with Gasteiger partial charge in [0.1, 0.15) is 17.4 Å². The molecule has 0 amide bonds. The first-order valence-electron chi connectivity index (χ1n) is 9.12. The molecule has 2 aromatic carbocycles. The summed E-state index contributed by atoms with van der Waals surface area (Å²) in [4.78, 5) is 13.7. The zero-order valence-electron chi connectivity index (χ0n) is 14.8. The standard InChI is InChI=1S/C21H19ClN4O/c22-16-5-3-4-15(12-16)13-25-8-10-26(11-9-25)21-20-19(23-14-24-21)17-6-1-2-7-18(17)27-20/h1-7,12,14H,8-11,13H2. The molecule has 1 aliphatic heterocycles. The summed E-state index contributed by atoms with van der Waals surface area (Å²) in [5.41, 5.74) is 3.77. The molecule has 5 nitrogen and oxygen atoms in total. The van der Waals surface area contributed by atoms with E-state index in [0.29, 0.717) is 0 Å². The van der Waals surface area contributed by atoms with Crippen LogP contribution in [0.4, 0.5) is 5.82 Å². The second kappa shape index (κ2) is 6.83. The third-order valence-corrected chi connectivity index (χ3v) is 5.34. The van der Waals surface area contributed by atoms with Crippen molar-refractivity contribution in [2.45, 2.75) is 6.54 Å². The van der Waals surface area contributed by atoms with E-state index >= 15 is 0 Å². The molecule has 0 unspecified atom stereocenters. The molecule has 0 spiro atoms. The van der Waals surface area contributed by atoms with Gasteiger partial charge < -0.3 is 9.32 Å². The summed E-state index contributed by atoms with van der Waals surface area (Å²) in [6, 6.07) is 16.1. The highest BCUT2D eigenvalue weighted by Gasteiger charge is 2.22. The SMILES string of the molecule is Clc1cccc(CN2CCN(c3ncnc4c3oc3ccccc34)CC2)c1. The zero-order chi connectivity index (χ0) is 18.2. The lowest BCUT2D eigenvalue weighted by Crippen LogP contribution is -2.46. The summed E-state index contributed by atoms with van der Waals surface area (Å²) < 4.78 is 6.08. The Labute approximate surface area is 162 Å². The minimum atomic E-state index is 0.780. The first kappa shape index (κ1) is 16.5. The van der Waals surface area contributed by atoms with E-state index in [0.717, 1.165) is 65.6 Å². The number of anilines is 1. The van der Waals surface area contributed by atoms with Gasteiger partial charge in [0.15, 0.2) is 11.4 Å². The number of hydrogen-bond acceptors (Lipinski definition) is 5. The van der Waals surface area contributed by atoms with E-state index in [1.807, 2.05) is 42.5 Å². The van der Waals surface area contributed by atoms with Crippen molar-refractivity contribution in [3.05, 3.63) is 65.4 Å². The van der Waals surface area contributed by atoms with Crippen LogP contribution in [0.15, 0.2) is 59.3 Å². The normalized spacial score (nSPS) is 15.7. The van der Waals surface area contributed by atoms with Crippen LogP contribution >= 0.6 is 11.6 Å². The molecule has 1 saturated heterocycles. The summed E-state index contributed by atoms with van der Waals surface area (Å²) in [5.74, 6) is 0.888. The molecule has 0 N–H and O–H groups in total. The quantitative estimate of drug-likeness (QED) is 0.530. The molecule has 3 heterocycles. The molecule has 0 radical (unpaired) electrons. The van der Waals surface area contributed by atoms with Crippen molar-refractivity contribution in [1.29, 1.82) is 0 Å². The van der Waals surface area contributed by atoms with Gasteiger partial charge in [-0.3, -0.25) is 4.90 Å². The van der Waals surface area contributed by atoms with Crippen LogP contribution in [-0.2, 0) is 6.54 Å². The number of halogens is 1. The highest BCUT2D eigenvalue weighted by Crippen LogP contribution is 2.32. The molecule has 0 atom stereocenters. The van der Waals surface area contributed by atoms with Gasteiger partial charge in [-0.05, 0) is 29.8 Å². The molecule has 4 aromatic rings. The van der Waals surface area contributed by atoms with E-state index in [1.54, 1.807) is 6.33 Å². The lowest BCUT2D eigenvalue weighted by Gasteiger charge is -2.35. The second-order valence-corrected chi connectivity index (χ2v) is 7.30. The number of hydrogen-bond donors (Lipinski definition) is 0. The van der Waals surface area contributed by atoms with Crippen molar-refractivity contribution in [1.82, 2.24) is 14.9 Å². The Morgan fingerprint density at radius 2 is 1.81 bits per heavy atom. The summed E-state index contributed by atoms with van der Waals surface area (Å²) in [6.45, 7) is 4.67. The number of piperazine rings is 1. The molecule has 0 aliphatic carbocycles. The molecule has 27 heavy (non-hydrogen) atoms. The van der Waals surface area contributed by atoms with Crippen LogP contribution < -0.4 is 4.90 Å². The Morgan fingerprint density at radius 1 is 0.963 bits per heavy atom. The minimum absolute atomic E-state index is 0.780. The van der Waals surface area contributed by atoms with E-state index in [4.69, 9.17) is 16.0 Å². The lowest BCUT2D eigenvalue weighted by molar-refractivity contribution is 0.249. The number of nitrogens with zero attached hydrogens (tertiary/aromatic N) is 4. The highest BCUT2D eigenvalue weighted by molar-refractivity contribution is 6.30. The molecule has 5 rings (SSSR count). The second-order valence-electron chi connectivity index (χ2n) is 6.87. The Bertz CT molecular complexity index is 1100. The maximum atomic E-state index is 6.10. The number of aromatic nitrogens is 2. The summed E-state index contributed by atoms with van der Waals surface area (Å²) >= 11 is 6.10. The van der Waals surface area contributed by atoms with Crippen LogP contribution in [0.2, 0.25) is 5.02 Å². The van der Waals surface area contributed by atoms with Crippen LogP contribution in [0.1, 0.15) is 5.56 Å². The molecule has 0 bridgehead atoms. The number of para-hydroxylation sites is 1. The molecule has 1 aliphatic rings. The molecule has 6 heteroatoms. The molecule has 2 aromatic heterocycles. The van der Waals surface area contributed by atoms with Crippen molar-refractivity contribution in [2.75, 3.05) is 31.1 Å². The third-order valence-electron chi connectivity index (χ3n) is 5.11. The average Bonchev–Trinajstić information content (AvgIpc) is 3.08. The monoisotopic (exact) mass is 378 g/mol. The van der Waals surface area contributed by atoms with Crippen LogP contribution in [0.5, 0.6) is 0 Å². The van der Waals surface area contributed by atoms with Crippen molar-refractivity contribution < 1.29 is 4.42 Å². The molecule has 136 valence electrons. The van der Waals surface area contributed by atoms with Gasteiger partial charge in [-0.15, -0.1) is 0 Å². The number of benzene rings is 2. The first-order chi connectivity index (χ1) is 13.3. The van der Waals surface area contributed by atoms with Crippen LogP contribution in [0, 0.1) is 0 Å². The molecule has 0 saturated carbocycles. The van der Waals surface area contributed by atoms with E-state index in [2.05, 4.69) is 25.8 Å². The largest absolute Gasteiger partial charge is 0.450 e. The van der Waals surface area contributed by atoms with Gasteiger partial charge >= 0.3 is 0 Å². The van der Waals surface area contributed by atoms with E-state index < -0.39 is 0 Å². The summed E-state index contributed by atoms with van der Waals surface area (Å²) in [6.07, 6.45) is 1.64. The van der Waals surface area contributed by atoms with Crippen LogP contribution in [0.25, 0.3) is 22.1 Å². The third kappa shape index (κ3) is 3.13. The lowest BCUT2D eigenvalue weighted by atomic mass is 10.2. The van der Waals surface area contributed by atoms with Gasteiger partial charge in [-0.1, -0.05) is 35.9 Å².